The molecule has 1 aromatic heterocycles. The molecule has 1 aromatic rings. The molecule has 0 fully saturated rings. The van der Waals surface area contributed by atoms with Gasteiger partial charge in [-0.05, 0) is 4.92 Å². The van der Waals surface area contributed by atoms with Crippen LogP contribution in [0.4, 0.5) is 5.82 Å². The molecule has 0 aliphatic rings. The number of amides is 1. The average molecular weight is 242 g/mol. The number of primary amides is 1. The molecule has 0 saturated carbocycles. The number of aliphatic carboxylic acids is 1. The predicted octanol–water partition coefficient (Wildman–Crippen LogP) is -0.389. The average Bonchev–Trinajstić information content (AvgIpc) is 2.61. The highest BCUT2D eigenvalue weighted by Crippen LogP contribution is 2.13. The number of carboxylic acid groups (broad SMARTS) is 1. The monoisotopic (exact) mass is 242 g/mol. The van der Waals surface area contributed by atoms with E-state index in [-0.39, 0.29) is 12.2 Å². The summed E-state index contributed by atoms with van der Waals surface area (Å²) in [6.07, 6.45) is 0. The van der Waals surface area contributed by atoms with E-state index >= 15 is 0 Å². The second kappa shape index (κ2) is 4.60. The fourth-order valence-electron chi connectivity index (χ4n) is 1.17. The van der Waals surface area contributed by atoms with Gasteiger partial charge in [-0.25, -0.2) is 0 Å². The third-order valence-corrected chi connectivity index (χ3v) is 2.07. The number of carbonyl (C=O) groups excluding carboxylic acids is 1. The van der Waals surface area contributed by atoms with Gasteiger partial charge >= 0.3 is 11.8 Å². The molecule has 17 heavy (non-hydrogen) atoms. The second-order valence-electron chi connectivity index (χ2n) is 3.43. The Bertz CT molecular complexity index is 480. The number of hydrogen-bond acceptors (Lipinski definition) is 5. The summed E-state index contributed by atoms with van der Waals surface area (Å²) in [4.78, 5) is 31.3. The summed E-state index contributed by atoms with van der Waals surface area (Å²) in [5.74, 6) is -3.38. The van der Waals surface area contributed by atoms with E-state index in [0.29, 0.717) is 0 Å². The lowest BCUT2D eigenvalue weighted by molar-refractivity contribution is -0.389. The first kappa shape index (κ1) is 12.6. The van der Waals surface area contributed by atoms with Crippen LogP contribution in [0.25, 0.3) is 0 Å². The maximum atomic E-state index is 11.0. The maximum absolute atomic E-state index is 11.0. The van der Waals surface area contributed by atoms with Crippen LogP contribution < -0.4 is 5.73 Å². The van der Waals surface area contributed by atoms with Crippen molar-refractivity contribution in [1.82, 2.24) is 9.78 Å². The number of carbonyl (C=O) groups is 2. The van der Waals surface area contributed by atoms with Crippen molar-refractivity contribution in [3.8, 4) is 0 Å². The zero-order chi connectivity index (χ0) is 13.2. The molecule has 0 saturated heterocycles. The lowest BCUT2D eigenvalue weighted by Crippen LogP contribution is -2.23. The van der Waals surface area contributed by atoms with Crippen LogP contribution in [-0.2, 0) is 11.3 Å². The fourth-order valence-corrected chi connectivity index (χ4v) is 1.17. The molecule has 0 bridgehead atoms. The lowest BCUT2D eigenvalue weighted by Gasteiger charge is -2.04. The molecule has 0 spiro atoms. The smallest absolute Gasteiger partial charge is 0.390 e. The zero-order valence-corrected chi connectivity index (χ0v) is 8.86. The molecule has 1 atom stereocenters. The van der Waals surface area contributed by atoms with Gasteiger partial charge in [0.2, 0.25) is 0 Å². The molecular weight excluding hydrogens is 232 g/mol. The van der Waals surface area contributed by atoms with Crippen LogP contribution in [-0.4, -0.2) is 31.7 Å². The molecule has 0 aromatic carbocycles. The minimum absolute atomic E-state index is 0.165. The summed E-state index contributed by atoms with van der Waals surface area (Å²) in [6, 6.07) is 0.914. The van der Waals surface area contributed by atoms with Gasteiger partial charge < -0.3 is 21.0 Å². The molecule has 9 heteroatoms. The van der Waals surface area contributed by atoms with E-state index in [9.17, 15) is 19.7 Å². The third kappa shape index (κ3) is 2.77. The van der Waals surface area contributed by atoms with Crippen molar-refractivity contribution in [2.24, 2.45) is 11.7 Å². The summed E-state index contributed by atoms with van der Waals surface area (Å²) in [7, 11) is 0. The minimum atomic E-state index is -1.10. The molecule has 3 N–H and O–H groups in total. The quantitative estimate of drug-likeness (QED) is 0.532. The summed E-state index contributed by atoms with van der Waals surface area (Å²) < 4.78 is 0.930. The Hall–Kier alpha value is -2.45. The summed E-state index contributed by atoms with van der Waals surface area (Å²) in [5, 5.41) is 22.7. The molecular formula is C8H10N4O5. The van der Waals surface area contributed by atoms with Gasteiger partial charge in [0.25, 0.3) is 5.91 Å². The molecule has 0 radical (unpaired) electrons. The van der Waals surface area contributed by atoms with Crippen molar-refractivity contribution in [3.05, 3.63) is 21.9 Å². The number of nitrogens with zero attached hydrogens (tertiary/aromatic N) is 3. The van der Waals surface area contributed by atoms with Crippen molar-refractivity contribution in [1.29, 1.82) is 0 Å². The lowest BCUT2D eigenvalue weighted by atomic mass is 10.2. The minimum Gasteiger partial charge on any atom is -0.481 e. The number of nitrogens with two attached hydrogens (primary N) is 1. The van der Waals surface area contributed by atoms with Gasteiger partial charge in [0, 0.05) is 0 Å². The Morgan fingerprint density at radius 3 is 2.71 bits per heavy atom. The van der Waals surface area contributed by atoms with E-state index in [1.54, 1.807) is 0 Å². The SMILES string of the molecule is CC(Cn1nc([N+](=O)[O-])cc1C(N)=O)C(=O)O. The number of carboxylic acids is 1. The van der Waals surface area contributed by atoms with E-state index in [1.165, 1.54) is 6.92 Å². The van der Waals surface area contributed by atoms with Gasteiger partial charge in [-0.2, -0.15) is 4.68 Å². The Kier molecular flexibility index (Phi) is 3.41. The van der Waals surface area contributed by atoms with Crippen molar-refractivity contribution in [3.63, 3.8) is 0 Å². The number of hydrogen-bond donors (Lipinski definition) is 2. The predicted molar refractivity (Wildman–Crippen MR) is 54.2 cm³/mol. The molecule has 0 aliphatic heterocycles. The molecule has 92 valence electrons. The summed E-state index contributed by atoms with van der Waals surface area (Å²) >= 11 is 0. The number of rotatable bonds is 5. The molecule has 9 nitrogen and oxygen atoms in total. The summed E-state index contributed by atoms with van der Waals surface area (Å²) in [5.41, 5.74) is 4.82. The molecule has 1 rings (SSSR count). The second-order valence-corrected chi connectivity index (χ2v) is 3.43. The van der Waals surface area contributed by atoms with Crippen LogP contribution in [0.5, 0.6) is 0 Å². The third-order valence-electron chi connectivity index (χ3n) is 2.07. The van der Waals surface area contributed by atoms with E-state index < -0.39 is 28.5 Å². The van der Waals surface area contributed by atoms with Crippen molar-refractivity contribution >= 4 is 17.7 Å². The molecule has 1 heterocycles. The Balaban J connectivity index is 3.08. The van der Waals surface area contributed by atoms with Crippen LogP contribution in [0.15, 0.2) is 6.07 Å². The maximum Gasteiger partial charge on any atom is 0.390 e. The van der Waals surface area contributed by atoms with E-state index in [4.69, 9.17) is 10.8 Å². The molecule has 0 aliphatic carbocycles. The van der Waals surface area contributed by atoms with Gasteiger partial charge in [0.1, 0.15) is 0 Å². The van der Waals surface area contributed by atoms with Gasteiger partial charge in [-0.3, -0.25) is 9.59 Å². The first-order chi connectivity index (χ1) is 7.82. The van der Waals surface area contributed by atoms with Crippen molar-refractivity contribution in [2.45, 2.75) is 13.5 Å². The van der Waals surface area contributed by atoms with Gasteiger partial charge in [0.05, 0.1) is 23.6 Å². The van der Waals surface area contributed by atoms with Crippen LogP contribution >= 0.6 is 0 Å². The highest BCUT2D eigenvalue weighted by Gasteiger charge is 2.24. The van der Waals surface area contributed by atoms with Crippen LogP contribution in [0, 0.1) is 16.0 Å². The topological polar surface area (TPSA) is 141 Å². The molecule has 1 unspecified atom stereocenters. The first-order valence-electron chi connectivity index (χ1n) is 4.57. The van der Waals surface area contributed by atoms with Gasteiger partial charge in [-0.1, -0.05) is 6.92 Å². The Morgan fingerprint density at radius 2 is 2.29 bits per heavy atom. The Morgan fingerprint density at radius 1 is 1.71 bits per heavy atom. The van der Waals surface area contributed by atoms with Crippen molar-refractivity contribution in [2.75, 3.05) is 0 Å². The van der Waals surface area contributed by atoms with Gasteiger partial charge in [0.15, 0.2) is 5.69 Å². The van der Waals surface area contributed by atoms with Gasteiger partial charge in [-0.15, -0.1) is 0 Å². The number of aromatic nitrogens is 2. The summed E-state index contributed by atoms with van der Waals surface area (Å²) in [6.45, 7) is 1.22. The highest BCUT2D eigenvalue weighted by atomic mass is 16.6. The first-order valence-corrected chi connectivity index (χ1v) is 4.57. The number of nitro groups is 1. The standard InChI is InChI=1S/C8H10N4O5/c1-4(8(14)15)3-11-5(7(9)13)2-6(10-11)12(16)17/h2,4H,3H2,1H3,(H2,9,13)(H,14,15). The van der Waals surface area contributed by atoms with E-state index in [0.717, 1.165) is 10.7 Å². The van der Waals surface area contributed by atoms with E-state index in [1.807, 2.05) is 0 Å². The van der Waals surface area contributed by atoms with Crippen LogP contribution in [0.2, 0.25) is 0 Å². The van der Waals surface area contributed by atoms with E-state index in [2.05, 4.69) is 5.10 Å². The fraction of sp³-hybridized carbons (Fsp3) is 0.375. The highest BCUT2D eigenvalue weighted by molar-refractivity contribution is 5.91. The van der Waals surface area contributed by atoms with Crippen molar-refractivity contribution < 1.29 is 19.6 Å². The zero-order valence-electron chi connectivity index (χ0n) is 8.86. The largest absolute Gasteiger partial charge is 0.481 e. The van der Waals surface area contributed by atoms with Crippen LogP contribution in [0.3, 0.4) is 0 Å². The molecule has 1 amide bonds. The Labute approximate surface area is 95.0 Å². The van der Waals surface area contributed by atoms with Crippen LogP contribution in [0.1, 0.15) is 17.4 Å². The normalized spacial score (nSPS) is 12.1.